The van der Waals surface area contributed by atoms with Crippen LogP contribution in [-0.2, 0) is 17.8 Å². The summed E-state index contributed by atoms with van der Waals surface area (Å²) in [4.78, 5) is 22.6. The first-order chi connectivity index (χ1) is 8.59. The van der Waals surface area contributed by atoms with Crippen LogP contribution in [0.5, 0.6) is 0 Å². The molecule has 4 nitrogen and oxygen atoms in total. The monoisotopic (exact) mass is 263 g/mol. The fraction of sp³-hybridized carbons (Fsp3) is 0.231. The van der Waals surface area contributed by atoms with Crippen LogP contribution < -0.4 is 0 Å². The molecular formula is C13H10ClNO3. The zero-order valence-corrected chi connectivity index (χ0v) is 10.2. The lowest BCUT2D eigenvalue weighted by Gasteiger charge is -2.15. The molecular weight excluding hydrogens is 254 g/mol. The molecule has 1 aromatic heterocycles. The number of nitrogens with zero attached hydrogens (tertiary/aromatic N) is 1. The molecule has 18 heavy (non-hydrogen) atoms. The zero-order chi connectivity index (χ0) is 12.9. The molecule has 5 heteroatoms. The van der Waals surface area contributed by atoms with Crippen molar-refractivity contribution >= 4 is 34.3 Å². The number of halogens is 1. The van der Waals surface area contributed by atoms with Gasteiger partial charge in [0.25, 0.3) is 5.78 Å². The van der Waals surface area contributed by atoms with Crippen LogP contribution in [-0.4, -0.2) is 21.4 Å². The van der Waals surface area contributed by atoms with E-state index in [1.165, 1.54) is 0 Å². The Morgan fingerprint density at radius 3 is 2.83 bits per heavy atom. The Balaban J connectivity index is 2.39. The molecule has 3 rings (SSSR count). The molecule has 0 bridgehead atoms. The number of aromatic nitrogens is 1. The van der Waals surface area contributed by atoms with Gasteiger partial charge in [-0.2, -0.15) is 0 Å². The molecule has 0 amide bonds. The largest absolute Gasteiger partial charge is 0.475 e. The Labute approximate surface area is 108 Å². The second-order valence-electron chi connectivity index (χ2n) is 4.40. The predicted octanol–water partition coefficient (Wildman–Crippen LogP) is 2.51. The predicted molar refractivity (Wildman–Crippen MR) is 67.2 cm³/mol. The van der Waals surface area contributed by atoms with Gasteiger partial charge in [0.15, 0.2) is 0 Å². The van der Waals surface area contributed by atoms with Crippen molar-refractivity contribution in [3.05, 3.63) is 34.5 Å². The van der Waals surface area contributed by atoms with E-state index in [9.17, 15) is 9.59 Å². The fourth-order valence-electron chi connectivity index (χ4n) is 2.58. The summed E-state index contributed by atoms with van der Waals surface area (Å²) in [5, 5.41) is 9.85. The van der Waals surface area contributed by atoms with Crippen molar-refractivity contribution in [1.29, 1.82) is 0 Å². The summed E-state index contributed by atoms with van der Waals surface area (Å²) in [6, 6.07) is 3.67. The lowest BCUT2D eigenvalue weighted by atomic mass is 10.0. The van der Waals surface area contributed by atoms with Crippen LogP contribution in [0, 0.1) is 0 Å². The molecule has 2 aromatic rings. The number of carbonyl (C=O) groups is 2. The maximum absolute atomic E-state index is 11.7. The molecule has 0 radical (unpaired) electrons. The van der Waals surface area contributed by atoms with E-state index >= 15 is 0 Å². The zero-order valence-electron chi connectivity index (χ0n) is 9.44. The van der Waals surface area contributed by atoms with Gasteiger partial charge in [-0.15, -0.1) is 0 Å². The number of rotatable bonds is 2. The molecule has 0 atom stereocenters. The van der Waals surface area contributed by atoms with Gasteiger partial charge < -0.3 is 9.67 Å². The average molecular weight is 264 g/mol. The van der Waals surface area contributed by atoms with Gasteiger partial charge in [-0.3, -0.25) is 4.79 Å². The van der Waals surface area contributed by atoms with E-state index in [2.05, 4.69) is 0 Å². The van der Waals surface area contributed by atoms with Crippen LogP contribution >= 0.6 is 11.6 Å². The number of carboxylic acids is 1. The highest BCUT2D eigenvalue weighted by Crippen LogP contribution is 2.34. The van der Waals surface area contributed by atoms with Gasteiger partial charge in [-0.05, 0) is 24.5 Å². The summed E-state index contributed by atoms with van der Waals surface area (Å²) in [5.74, 6) is -2.35. The molecule has 1 N–H and O–H groups in total. The summed E-state index contributed by atoms with van der Waals surface area (Å²) in [5.41, 5.74) is 2.20. The highest BCUT2D eigenvalue weighted by Gasteiger charge is 2.25. The van der Waals surface area contributed by atoms with Crippen molar-refractivity contribution in [3.63, 3.8) is 0 Å². The molecule has 0 unspecified atom stereocenters. The van der Waals surface area contributed by atoms with Crippen LogP contribution in [0.4, 0.5) is 0 Å². The molecule has 2 heterocycles. The van der Waals surface area contributed by atoms with E-state index in [0.717, 1.165) is 30.5 Å². The molecule has 1 aliphatic heterocycles. The van der Waals surface area contributed by atoms with Crippen LogP contribution in [0.25, 0.3) is 10.9 Å². The Kier molecular flexibility index (Phi) is 2.41. The van der Waals surface area contributed by atoms with Crippen molar-refractivity contribution in [2.75, 3.05) is 0 Å². The van der Waals surface area contributed by atoms with Crippen LogP contribution in [0.1, 0.15) is 22.3 Å². The summed E-state index contributed by atoms with van der Waals surface area (Å²) in [6.07, 6.45) is 3.52. The van der Waals surface area contributed by atoms with E-state index in [0.29, 0.717) is 10.4 Å². The smallest absolute Gasteiger partial charge is 0.377 e. The van der Waals surface area contributed by atoms with E-state index in [1.54, 1.807) is 12.3 Å². The minimum Gasteiger partial charge on any atom is -0.475 e. The van der Waals surface area contributed by atoms with Crippen LogP contribution in [0.15, 0.2) is 18.3 Å². The normalized spacial score (nSPS) is 13.8. The van der Waals surface area contributed by atoms with Gasteiger partial charge in [0.05, 0.1) is 16.1 Å². The lowest BCUT2D eigenvalue weighted by molar-refractivity contribution is -0.131. The van der Waals surface area contributed by atoms with Crippen LogP contribution in [0.2, 0.25) is 5.02 Å². The number of carbonyl (C=O) groups excluding carboxylic acids is 1. The summed E-state index contributed by atoms with van der Waals surface area (Å²) < 4.78 is 1.93. The molecule has 0 fully saturated rings. The third kappa shape index (κ3) is 1.46. The number of carboxylic acid groups (broad SMARTS) is 1. The molecule has 92 valence electrons. The number of benzene rings is 1. The van der Waals surface area contributed by atoms with Gasteiger partial charge in [-0.1, -0.05) is 17.7 Å². The second kappa shape index (κ2) is 3.85. The minimum atomic E-state index is -1.45. The third-order valence-electron chi connectivity index (χ3n) is 3.34. The van der Waals surface area contributed by atoms with E-state index in [1.807, 2.05) is 10.6 Å². The summed E-state index contributed by atoms with van der Waals surface area (Å²) in [6.45, 7) is 0.788. The number of ketones is 1. The topological polar surface area (TPSA) is 59.3 Å². The number of hydrogen-bond donors (Lipinski definition) is 1. The maximum Gasteiger partial charge on any atom is 0.377 e. The average Bonchev–Trinajstić information content (AvgIpc) is 2.74. The Bertz CT molecular complexity index is 687. The van der Waals surface area contributed by atoms with Crippen molar-refractivity contribution in [3.8, 4) is 0 Å². The standard InChI is InChI=1S/C13H10ClNO3/c14-9-4-3-7-2-1-5-15-6-8(10(9)11(7)15)12(16)13(17)18/h3-4,6H,1-2,5H2,(H,17,18). The lowest BCUT2D eigenvalue weighted by Crippen LogP contribution is -2.12. The molecule has 0 saturated heterocycles. The molecule has 1 aliphatic rings. The van der Waals surface area contributed by atoms with Crippen molar-refractivity contribution in [1.82, 2.24) is 4.57 Å². The summed E-state index contributed by atoms with van der Waals surface area (Å²) in [7, 11) is 0. The molecule has 0 aliphatic carbocycles. The number of aliphatic carboxylic acids is 1. The Morgan fingerprint density at radius 2 is 2.11 bits per heavy atom. The van der Waals surface area contributed by atoms with Gasteiger partial charge in [0, 0.05) is 18.1 Å². The second-order valence-corrected chi connectivity index (χ2v) is 4.81. The van der Waals surface area contributed by atoms with Crippen molar-refractivity contribution in [2.24, 2.45) is 0 Å². The van der Waals surface area contributed by atoms with E-state index in [4.69, 9.17) is 16.7 Å². The third-order valence-corrected chi connectivity index (χ3v) is 3.65. The van der Waals surface area contributed by atoms with Crippen molar-refractivity contribution in [2.45, 2.75) is 19.4 Å². The highest BCUT2D eigenvalue weighted by molar-refractivity contribution is 6.45. The molecule has 0 spiro atoms. The number of Topliss-reactive ketones (excluding diaryl/α,β-unsaturated/α-hetero) is 1. The SMILES string of the molecule is O=C(O)C(=O)c1cn2c3c(ccc(Cl)c13)CCC2. The first-order valence-electron chi connectivity index (χ1n) is 5.67. The molecule has 1 aromatic carbocycles. The highest BCUT2D eigenvalue weighted by atomic mass is 35.5. The fourth-order valence-corrected chi connectivity index (χ4v) is 2.84. The van der Waals surface area contributed by atoms with Gasteiger partial charge in [0.2, 0.25) is 0 Å². The van der Waals surface area contributed by atoms with Gasteiger partial charge in [-0.25, -0.2) is 4.79 Å². The molecule has 0 saturated carbocycles. The van der Waals surface area contributed by atoms with Gasteiger partial charge >= 0.3 is 5.97 Å². The van der Waals surface area contributed by atoms with E-state index < -0.39 is 11.8 Å². The maximum atomic E-state index is 11.7. The summed E-state index contributed by atoms with van der Waals surface area (Å²) >= 11 is 6.12. The minimum absolute atomic E-state index is 0.186. The van der Waals surface area contributed by atoms with E-state index in [-0.39, 0.29) is 5.56 Å². The first kappa shape index (κ1) is 11.3. The van der Waals surface area contributed by atoms with Gasteiger partial charge in [0.1, 0.15) is 0 Å². The number of hydrogen-bond acceptors (Lipinski definition) is 2. The van der Waals surface area contributed by atoms with Crippen molar-refractivity contribution < 1.29 is 14.7 Å². The quantitative estimate of drug-likeness (QED) is 0.669. The Hall–Kier alpha value is -1.81. The Morgan fingerprint density at radius 1 is 1.33 bits per heavy atom. The van der Waals surface area contributed by atoms with Crippen LogP contribution in [0.3, 0.4) is 0 Å². The number of aryl methyl sites for hydroxylation is 2. The first-order valence-corrected chi connectivity index (χ1v) is 6.05.